The van der Waals surface area contributed by atoms with Crippen molar-refractivity contribution in [3.05, 3.63) is 29.6 Å². The van der Waals surface area contributed by atoms with E-state index in [0.29, 0.717) is 18.8 Å². The molecule has 0 heterocycles. The number of unbranched alkanes of at least 4 members (excludes halogenated alkanes) is 6. The van der Waals surface area contributed by atoms with Gasteiger partial charge < -0.3 is 10.5 Å². The van der Waals surface area contributed by atoms with Crippen LogP contribution in [0.2, 0.25) is 0 Å². The van der Waals surface area contributed by atoms with Gasteiger partial charge in [-0.2, -0.15) is 0 Å². The fourth-order valence-corrected chi connectivity index (χ4v) is 2.46. The third-order valence-corrected chi connectivity index (χ3v) is 3.58. The summed E-state index contributed by atoms with van der Waals surface area (Å²) in [6, 6.07) is 5.07. The second-order valence-corrected chi connectivity index (χ2v) is 5.88. The Morgan fingerprint density at radius 1 is 1.10 bits per heavy atom. The number of para-hydroxylation sites is 1. The first-order valence-corrected chi connectivity index (χ1v) is 8.31. The summed E-state index contributed by atoms with van der Waals surface area (Å²) in [6.07, 6.45) is 9.24. The van der Waals surface area contributed by atoms with E-state index >= 15 is 0 Å². The largest absolute Gasteiger partial charge is 0.490 e. The van der Waals surface area contributed by atoms with Crippen LogP contribution in [0.25, 0.3) is 0 Å². The molecule has 0 aromatic heterocycles. The molecule has 0 amide bonds. The summed E-state index contributed by atoms with van der Waals surface area (Å²) in [6.45, 7) is 4.73. The SMILES string of the molecule is CCCCCCCCCOc1c(F)cccc1CC(C)N. The van der Waals surface area contributed by atoms with Crippen LogP contribution >= 0.6 is 0 Å². The third kappa shape index (κ3) is 7.47. The maximum absolute atomic E-state index is 13.8. The second-order valence-electron chi connectivity index (χ2n) is 5.88. The fraction of sp³-hybridized carbons (Fsp3) is 0.667. The van der Waals surface area contributed by atoms with Crippen molar-refractivity contribution in [2.45, 2.75) is 71.3 Å². The van der Waals surface area contributed by atoms with Crippen molar-refractivity contribution >= 4 is 0 Å². The summed E-state index contributed by atoms with van der Waals surface area (Å²) in [5, 5.41) is 0. The monoisotopic (exact) mass is 295 g/mol. The summed E-state index contributed by atoms with van der Waals surface area (Å²) in [5.41, 5.74) is 6.67. The molecule has 120 valence electrons. The van der Waals surface area contributed by atoms with Gasteiger partial charge >= 0.3 is 0 Å². The van der Waals surface area contributed by atoms with E-state index in [2.05, 4.69) is 6.92 Å². The highest BCUT2D eigenvalue weighted by atomic mass is 19.1. The van der Waals surface area contributed by atoms with E-state index in [4.69, 9.17) is 10.5 Å². The van der Waals surface area contributed by atoms with E-state index < -0.39 is 0 Å². The Balaban J connectivity index is 2.31. The molecule has 0 aliphatic carbocycles. The van der Waals surface area contributed by atoms with E-state index in [1.54, 1.807) is 6.07 Å². The minimum atomic E-state index is -0.281. The molecule has 0 fully saturated rings. The molecule has 2 nitrogen and oxygen atoms in total. The van der Waals surface area contributed by atoms with Crippen molar-refractivity contribution < 1.29 is 9.13 Å². The molecule has 1 atom stereocenters. The number of nitrogens with two attached hydrogens (primary N) is 1. The van der Waals surface area contributed by atoms with Crippen molar-refractivity contribution in [2.24, 2.45) is 5.73 Å². The number of rotatable bonds is 11. The van der Waals surface area contributed by atoms with E-state index in [9.17, 15) is 4.39 Å². The average Bonchev–Trinajstić information content (AvgIpc) is 2.43. The van der Waals surface area contributed by atoms with Crippen molar-refractivity contribution in [3.63, 3.8) is 0 Å². The summed E-state index contributed by atoms with van der Waals surface area (Å²) in [7, 11) is 0. The Morgan fingerprint density at radius 2 is 1.76 bits per heavy atom. The van der Waals surface area contributed by atoms with Crippen LogP contribution in [-0.4, -0.2) is 12.6 Å². The van der Waals surface area contributed by atoms with Gasteiger partial charge in [-0.25, -0.2) is 4.39 Å². The van der Waals surface area contributed by atoms with Crippen LogP contribution in [0.4, 0.5) is 4.39 Å². The number of hydrogen-bond donors (Lipinski definition) is 1. The smallest absolute Gasteiger partial charge is 0.165 e. The second kappa shape index (κ2) is 10.6. The van der Waals surface area contributed by atoms with Crippen LogP contribution in [0, 0.1) is 5.82 Å². The first kappa shape index (κ1) is 18.0. The highest BCUT2D eigenvalue weighted by molar-refractivity contribution is 5.35. The van der Waals surface area contributed by atoms with E-state index in [1.807, 2.05) is 13.0 Å². The van der Waals surface area contributed by atoms with Gasteiger partial charge in [0.25, 0.3) is 0 Å². The predicted octanol–water partition coefficient (Wildman–Crippen LogP) is 4.84. The summed E-state index contributed by atoms with van der Waals surface area (Å²) in [5.74, 6) is 0.108. The van der Waals surface area contributed by atoms with Crippen molar-refractivity contribution in [1.82, 2.24) is 0 Å². The van der Waals surface area contributed by atoms with Crippen LogP contribution in [-0.2, 0) is 6.42 Å². The van der Waals surface area contributed by atoms with Crippen molar-refractivity contribution in [2.75, 3.05) is 6.61 Å². The van der Waals surface area contributed by atoms with Crippen LogP contribution in [0.15, 0.2) is 18.2 Å². The molecule has 2 N–H and O–H groups in total. The van der Waals surface area contributed by atoms with Crippen LogP contribution in [0.5, 0.6) is 5.75 Å². The lowest BCUT2D eigenvalue weighted by molar-refractivity contribution is 0.286. The quantitative estimate of drug-likeness (QED) is 0.593. The molecule has 0 radical (unpaired) electrons. The predicted molar refractivity (Wildman–Crippen MR) is 87.2 cm³/mol. The Morgan fingerprint density at radius 3 is 2.43 bits per heavy atom. The van der Waals surface area contributed by atoms with Gasteiger partial charge in [0.05, 0.1) is 6.61 Å². The molecule has 0 aliphatic heterocycles. The van der Waals surface area contributed by atoms with Gasteiger partial charge in [-0.1, -0.05) is 57.6 Å². The van der Waals surface area contributed by atoms with E-state index in [0.717, 1.165) is 18.4 Å². The first-order chi connectivity index (χ1) is 10.1. The standard InChI is InChI=1S/C18H30FNO/c1-3-4-5-6-7-8-9-13-21-18-16(14-15(2)20)11-10-12-17(18)19/h10-12,15H,3-9,13-14,20H2,1-2H3. The minimum absolute atomic E-state index is 0.00714. The molecule has 1 aromatic rings. The molecule has 0 saturated carbocycles. The zero-order valence-electron chi connectivity index (χ0n) is 13.5. The van der Waals surface area contributed by atoms with Gasteiger partial charge in [-0.15, -0.1) is 0 Å². The van der Waals surface area contributed by atoms with Gasteiger partial charge in [-0.05, 0) is 31.4 Å². The normalized spacial score (nSPS) is 12.4. The maximum atomic E-state index is 13.8. The Kier molecular flexibility index (Phi) is 9.07. The Hall–Kier alpha value is -1.09. The summed E-state index contributed by atoms with van der Waals surface area (Å²) < 4.78 is 19.5. The molecular weight excluding hydrogens is 265 g/mol. The summed E-state index contributed by atoms with van der Waals surface area (Å²) in [4.78, 5) is 0. The van der Waals surface area contributed by atoms with Crippen LogP contribution in [0.3, 0.4) is 0 Å². The topological polar surface area (TPSA) is 35.2 Å². The molecule has 21 heavy (non-hydrogen) atoms. The molecule has 1 aromatic carbocycles. The number of ether oxygens (including phenoxy) is 1. The fourth-order valence-electron chi connectivity index (χ4n) is 2.46. The lowest BCUT2D eigenvalue weighted by atomic mass is 10.1. The Bertz CT molecular complexity index is 393. The van der Waals surface area contributed by atoms with Crippen molar-refractivity contribution in [3.8, 4) is 5.75 Å². The van der Waals surface area contributed by atoms with Gasteiger partial charge in [-0.3, -0.25) is 0 Å². The van der Waals surface area contributed by atoms with E-state index in [1.165, 1.54) is 38.2 Å². The average molecular weight is 295 g/mol. The molecular formula is C18H30FNO. The highest BCUT2D eigenvalue weighted by Crippen LogP contribution is 2.24. The van der Waals surface area contributed by atoms with Gasteiger partial charge in [0, 0.05) is 6.04 Å². The van der Waals surface area contributed by atoms with Gasteiger partial charge in [0.2, 0.25) is 0 Å². The van der Waals surface area contributed by atoms with E-state index in [-0.39, 0.29) is 11.9 Å². The number of hydrogen-bond acceptors (Lipinski definition) is 2. The molecule has 0 bridgehead atoms. The zero-order valence-corrected chi connectivity index (χ0v) is 13.5. The van der Waals surface area contributed by atoms with Gasteiger partial charge in [0.15, 0.2) is 11.6 Å². The van der Waals surface area contributed by atoms with Crippen LogP contribution < -0.4 is 10.5 Å². The van der Waals surface area contributed by atoms with Gasteiger partial charge in [0.1, 0.15) is 0 Å². The molecule has 0 aliphatic rings. The highest BCUT2D eigenvalue weighted by Gasteiger charge is 2.11. The number of halogens is 1. The lowest BCUT2D eigenvalue weighted by Gasteiger charge is -2.14. The summed E-state index contributed by atoms with van der Waals surface area (Å²) >= 11 is 0. The Labute approximate surface area is 128 Å². The molecule has 3 heteroatoms. The third-order valence-electron chi connectivity index (χ3n) is 3.58. The van der Waals surface area contributed by atoms with Crippen LogP contribution in [0.1, 0.15) is 64.4 Å². The molecule has 1 rings (SSSR count). The molecule has 1 unspecified atom stereocenters. The first-order valence-electron chi connectivity index (χ1n) is 8.31. The maximum Gasteiger partial charge on any atom is 0.165 e. The van der Waals surface area contributed by atoms with Crippen molar-refractivity contribution in [1.29, 1.82) is 0 Å². The minimum Gasteiger partial charge on any atom is -0.490 e. The molecule has 0 spiro atoms. The number of benzene rings is 1. The zero-order chi connectivity index (χ0) is 15.5. The molecule has 0 saturated heterocycles. The lowest BCUT2D eigenvalue weighted by Crippen LogP contribution is -2.18.